The summed E-state index contributed by atoms with van der Waals surface area (Å²) in [4.78, 5) is 40.7. The summed E-state index contributed by atoms with van der Waals surface area (Å²) in [5.41, 5.74) is 0.0718. The molecule has 0 atom stereocenters. The number of carbonyl (C=O) groups is 2. The van der Waals surface area contributed by atoms with Gasteiger partial charge in [0, 0.05) is 5.69 Å². The molecular weight excluding hydrogens is 299 g/mol. The van der Waals surface area contributed by atoms with Crippen molar-refractivity contribution in [1.29, 1.82) is 0 Å². The van der Waals surface area contributed by atoms with Crippen LogP contribution >= 0.6 is 7.60 Å². The Kier molecular flexibility index (Phi) is 5.66. The van der Waals surface area contributed by atoms with E-state index in [1.54, 1.807) is 6.92 Å². The van der Waals surface area contributed by atoms with Crippen molar-refractivity contribution in [3.63, 3.8) is 0 Å². The zero-order valence-electron chi connectivity index (χ0n) is 11.2. The van der Waals surface area contributed by atoms with Crippen molar-refractivity contribution < 1.29 is 28.7 Å². The first-order chi connectivity index (χ1) is 9.74. The highest BCUT2D eigenvalue weighted by Crippen LogP contribution is 2.33. The molecule has 0 heterocycles. The van der Waals surface area contributed by atoms with E-state index in [1.807, 2.05) is 0 Å². The Balaban J connectivity index is 2.61. The molecule has 1 aromatic carbocycles. The van der Waals surface area contributed by atoms with Gasteiger partial charge in [-0.2, -0.15) is 0 Å². The van der Waals surface area contributed by atoms with Gasteiger partial charge in [-0.05, 0) is 31.2 Å². The van der Waals surface area contributed by atoms with E-state index in [0.29, 0.717) is 5.69 Å². The maximum atomic E-state index is 11.6. The number of esters is 1. The fourth-order valence-electron chi connectivity index (χ4n) is 1.31. The first-order valence-electron chi connectivity index (χ1n) is 5.84. The maximum absolute atomic E-state index is 11.6. The molecule has 0 aliphatic rings. The van der Waals surface area contributed by atoms with Crippen LogP contribution in [0.3, 0.4) is 0 Å². The molecule has 0 radical (unpaired) electrons. The molecule has 0 spiro atoms. The minimum atomic E-state index is -4.32. The largest absolute Gasteiger partial charge is 0.461 e. The molecule has 9 heteroatoms. The third-order valence-corrected chi connectivity index (χ3v) is 3.22. The highest BCUT2D eigenvalue weighted by atomic mass is 31.2. The standard InChI is InChI=1S/C12H15N2O6P/c1-3-20-11(15)8(2)13-12(16)14-9-4-6-10(7-5-9)21(17,18)19/h4-7H,2-3H2,1H3,(H2,13,14,16)(H2,17,18,19). The number of anilines is 1. The minimum Gasteiger partial charge on any atom is -0.461 e. The SMILES string of the molecule is C=C(NC(=O)Nc1ccc(P(=O)(O)O)cc1)C(=O)OCC. The van der Waals surface area contributed by atoms with E-state index in [1.165, 1.54) is 24.3 Å². The maximum Gasteiger partial charge on any atom is 0.356 e. The van der Waals surface area contributed by atoms with E-state index in [0.717, 1.165) is 0 Å². The summed E-state index contributed by atoms with van der Waals surface area (Å²) in [5.74, 6) is -0.746. The number of amides is 2. The van der Waals surface area contributed by atoms with Gasteiger partial charge in [0.15, 0.2) is 0 Å². The number of rotatable bonds is 5. The second-order valence-corrected chi connectivity index (χ2v) is 5.47. The first kappa shape index (κ1) is 16.9. The van der Waals surface area contributed by atoms with Gasteiger partial charge in [-0.1, -0.05) is 6.58 Å². The van der Waals surface area contributed by atoms with Crippen LogP contribution in [0.2, 0.25) is 0 Å². The second-order valence-electron chi connectivity index (χ2n) is 3.87. The highest BCUT2D eigenvalue weighted by Gasteiger charge is 2.16. The molecule has 0 fully saturated rings. The van der Waals surface area contributed by atoms with Crippen LogP contribution in [-0.2, 0) is 14.1 Å². The number of ether oxygens (including phenoxy) is 1. The quantitative estimate of drug-likeness (QED) is 0.360. The predicted molar refractivity (Wildman–Crippen MR) is 76.0 cm³/mol. The zero-order chi connectivity index (χ0) is 16.0. The van der Waals surface area contributed by atoms with Crippen molar-refractivity contribution in [1.82, 2.24) is 5.32 Å². The first-order valence-corrected chi connectivity index (χ1v) is 7.45. The van der Waals surface area contributed by atoms with Crippen LogP contribution in [0.5, 0.6) is 0 Å². The van der Waals surface area contributed by atoms with E-state index in [-0.39, 0.29) is 17.6 Å². The van der Waals surface area contributed by atoms with E-state index in [9.17, 15) is 14.2 Å². The number of nitrogens with one attached hydrogen (secondary N) is 2. The van der Waals surface area contributed by atoms with Crippen molar-refractivity contribution >= 4 is 30.6 Å². The van der Waals surface area contributed by atoms with Crippen LogP contribution in [0, 0.1) is 0 Å². The van der Waals surface area contributed by atoms with Crippen LogP contribution in [-0.4, -0.2) is 28.4 Å². The van der Waals surface area contributed by atoms with Gasteiger partial charge in [0.25, 0.3) is 0 Å². The van der Waals surface area contributed by atoms with Gasteiger partial charge in [-0.3, -0.25) is 4.57 Å². The van der Waals surface area contributed by atoms with Gasteiger partial charge in [0.2, 0.25) is 0 Å². The molecule has 0 saturated carbocycles. The lowest BCUT2D eigenvalue weighted by Crippen LogP contribution is -2.31. The van der Waals surface area contributed by atoms with Crippen molar-refractivity contribution in [2.24, 2.45) is 0 Å². The summed E-state index contributed by atoms with van der Waals surface area (Å²) in [7, 11) is -4.32. The number of carbonyl (C=O) groups excluding carboxylic acids is 2. The molecule has 0 bridgehead atoms. The zero-order valence-corrected chi connectivity index (χ0v) is 12.1. The fraction of sp³-hybridized carbons (Fsp3) is 0.167. The third-order valence-electron chi connectivity index (χ3n) is 2.25. The van der Waals surface area contributed by atoms with Crippen molar-refractivity contribution in [2.45, 2.75) is 6.92 Å². The molecule has 21 heavy (non-hydrogen) atoms. The fourth-order valence-corrected chi connectivity index (χ4v) is 1.85. The Hall–Kier alpha value is -2.15. The molecule has 1 rings (SSSR count). The molecule has 0 aliphatic carbocycles. The molecule has 0 aliphatic heterocycles. The molecule has 114 valence electrons. The Morgan fingerprint density at radius 3 is 2.33 bits per heavy atom. The molecular formula is C12H15N2O6P. The van der Waals surface area contributed by atoms with Gasteiger partial charge in [0.1, 0.15) is 5.70 Å². The Labute approximate surface area is 121 Å². The lowest BCUT2D eigenvalue weighted by atomic mass is 10.3. The monoisotopic (exact) mass is 314 g/mol. The molecule has 0 aromatic heterocycles. The second kappa shape index (κ2) is 7.03. The molecule has 2 amide bonds. The van der Waals surface area contributed by atoms with Crippen molar-refractivity contribution in [3.8, 4) is 0 Å². The van der Waals surface area contributed by atoms with Gasteiger partial charge in [0.05, 0.1) is 11.9 Å². The van der Waals surface area contributed by atoms with Gasteiger partial charge in [-0.25, -0.2) is 9.59 Å². The molecule has 1 aromatic rings. The normalized spacial score (nSPS) is 10.6. The predicted octanol–water partition coefficient (Wildman–Crippen LogP) is 0.688. The smallest absolute Gasteiger partial charge is 0.356 e. The Morgan fingerprint density at radius 2 is 1.86 bits per heavy atom. The van der Waals surface area contributed by atoms with E-state index in [2.05, 4.69) is 21.9 Å². The number of benzene rings is 1. The van der Waals surface area contributed by atoms with Crippen LogP contribution in [0.4, 0.5) is 10.5 Å². The minimum absolute atomic E-state index is 0.158. The summed E-state index contributed by atoms with van der Waals surface area (Å²) in [6.45, 7) is 5.13. The lowest BCUT2D eigenvalue weighted by Gasteiger charge is -2.10. The summed E-state index contributed by atoms with van der Waals surface area (Å²) in [6, 6.07) is 4.30. The number of urea groups is 1. The summed E-state index contributed by atoms with van der Waals surface area (Å²) in [6.07, 6.45) is 0. The molecule has 8 nitrogen and oxygen atoms in total. The lowest BCUT2D eigenvalue weighted by molar-refractivity contribution is -0.138. The average molecular weight is 314 g/mol. The number of hydrogen-bond donors (Lipinski definition) is 4. The summed E-state index contributed by atoms with van der Waals surface area (Å²) >= 11 is 0. The molecule has 0 unspecified atom stereocenters. The van der Waals surface area contributed by atoms with E-state index in [4.69, 9.17) is 9.79 Å². The van der Waals surface area contributed by atoms with Crippen LogP contribution < -0.4 is 15.9 Å². The van der Waals surface area contributed by atoms with E-state index < -0.39 is 19.6 Å². The van der Waals surface area contributed by atoms with Crippen molar-refractivity contribution in [2.75, 3.05) is 11.9 Å². The van der Waals surface area contributed by atoms with Gasteiger partial charge in [-0.15, -0.1) is 0 Å². The third kappa shape index (κ3) is 5.39. The van der Waals surface area contributed by atoms with Crippen LogP contribution in [0.1, 0.15) is 6.92 Å². The van der Waals surface area contributed by atoms with Crippen molar-refractivity contribution in [3.05, 3.63) is 36.5 Å². The number of hydrogen-bond acceptors (Lipinski definition) is 4. The van der Waals surface area contributed by atoms with E-state index >= 15 is 0 Å². The summed E-state index contributed by atoms with van der Waals surface area (Å²) in [5, 5.41) is 4.40. The molecule has 4 N–H and O–H groups in total. The highest BCUT2D eigenvalue weighted by molar-refractivity contribution is 7.60. The average Bonchev–Trinajstić information content (AvgIpc) is 2.38. The Morgan fingerprint density at radius 1 is 1.29 bits per heavy atom. The topological polar surface area (TPSA) is 125 Å². The molecule has 0 saturated heterocycles. The Bertz CT molecular complexity index is 592. The van der Waals surface area contributed by atoms with Gasteiger partial charge < -0.3 is 25.2 Å². The van der Waals surface area contributed by atoms with Gasteiger partial charge >= 0.3 is 19.6 Å². The summed E-state index contributed by atoms with van der Waals surface area (Å²) < 4.78 is 15.6. The van der Waals surface area contributed by atoms with Crippen LogP contribution in [0.15, 0.2) is 36.5 Å². The van der Waals surface area contributed by atoms with Crippen LogP contribution in [0.25, 0.3) is 0 Å².